The Labute approximate surface area is 103 Å². The third kappa shape index (κ3) is 7.60. The van der Waals surface area contributed by atoms with Crippen LogP contribution in [0.25, 0.3) is 0 Å². The fourth-order valence-corrected chi connectivity index (χ4v) is 1.81. The Hall–Kier alpha value is -0.290. The van der Waals surface area contributed by atoms with Crippen LogP contribution in [0.3, 0.4) is 0 Å². The van der Waals surface area contributed by atoms with Crippen LogP contribution < -0.4 is 5.32 Å². The molecular formula is C12H25F3N2. The highest BCUT2D eigenvalue weighted by molar-refractivity contribution is 4.75. The molecule has 0 aliphatic heterocycles. The predicted molar refractivity (Wildman–Crippen MR) is 65.1 cm³/mol. The SMILES string of the molecule is CCCNCC(C)C(C)N(CC)CC(F)(F)F. The minimum absolute atomic E-state index is 0.0639. The van der Waals surface area contributed by atoms with E-state index in [9.17, 15) is 13.2 Å². The van der Waals surface area contributed by atoms with Crippen LogP contribution in [0.1, 0.15) is 34.1 Å². The van der Waals surface area contributed by atoms with Crippen molar-refractivity contribution < 1.29 is 13.2 Å². The molecule has 0 saturated carbocycles. The zero-order chi connectivity index (χ0) is 13.5. The van der Waals surface area contributed by atoms with Crippen LogP contribution in [-0.4, -0.2) is 43.3 Å². The summed E-state index contributed by atoms with van der Waals surface area (Å²) in [6.07, 6.45) is -3.07. The number of rotatable bonds is 8. The molecule has 0 aliphatic rings. The van der Waals surface area contributed by atoms with Crippen molar-refractivity contribution in [3.05, 3.63) is 0 Å². The van der Waals surface area contributed by atoms with Crippen molar-refractivity contribution >= 4 is 0 Å². The summed E-state index contributed by atoms with van der Waals surface area (Å²) in [7, 11) is 0. The van der Waals surface area contributed by atoms with Crippen LogP contribution in [0.5, 0.6) is 0 Å². The van der Waals surface area contributed by atoms with Crippen LogP contribution in [0, 0.1) is 5.92 Å². The third-order valence-corrected chi connectivity index (χ3v) is 3.08. The fraction of sp³-hybridized carbons (Fsp3) is 1.00. The van der Waals surface area contributed by atoms with E-state index in [2.05, 4.69) is 12.2 Å². The molecule has 0 aliphatic carbocycles. The van der Waals surface area contributed by atoms with Gasteiger partial charge in [0, 0.05) is 6.04 Å². The van der Waals surface area contributed by atoms with E-state index in [4.69, 9.17) is 0 Å². The lowest BCUT2D eigenvalue weighted by molar-refractivity contribution is -0.151. The van der Waals surface area contributed by atoms with E-state index in [0.29, 0.717) is 6.54 Å². The minimum atomic E-state index is -4.11. The van der Waals surface area contributed by atoms with Gasteiger partial charge >= 0.3 is 6.18 Å². The number of hydrogen-bond acceptors (Lipinski definition) is 2. The fourth-order valence-electron chi connectivity index (χ4n) is 1.81. The van der Waals surface area contributed by atoms with E-state index in [1.807, 2.05) is 13.8 Å². The van der Waals surface area contributed by atoms with Crippen molar-refractivity contribution in [3.8, 4) is 0 Å². The van der Waals surface area contributed by atoms with Crippen molar-refractivity contribution in [2.24, 2.45) is 5.92 Å². The van der Waals surface area contributed by atoms with Gasteiger partial charge in [0.15, 0.2) is 0 Å². The van der Waals surface area contributed by atoms with E-state index >= 15 is 0 Å². The molecule has 0 aromatic heterocycles. The van der Waals surface area contributed by atoms with Gasteiger partial charge in [-0.05, 0) is 38.9 Å². The van der Waals surface area contributed by atoms with Gasteiger partial charge in [-0.25, -0.2) is 0 Å². The molecule has 5 heteroatoms. The average molecular weight is 254 g/mol. The van der Waals surface area contributed by atoms with Crippen LogP contribution in [0.2, 0.25) is 0 Å². The van der Waals surface area contributed by atoms with Gasteiger partial charge in [0.05, 0.1) is 6.54 Å². The molecule has 0 spiro atoms. The average Bonchev–Trinajstić information content (AvgIpc) is 2.23. The van der Waals surface area contributed by atoms with Gasteiger partial charge in [0.1, 0.15) is 0 Å². The molecule has 2 unspecified atom stereocenters. The quantitative estimate of drug-likeness (QED) is 0.670. The number of nitrogens with zero attached hydrogens (tertiary/aromatic N) is 1. The molecule has 0 aromatic rings. The summed E-state index contributed by atoms with van der Waals surface area (Å²) in [4.78, 5) is 1.48. The topological polar surface area (TPSA) is 15.3 Å². The molecule has 0 rings (SSSR count). The first-order valence-electron chi connectivity index (χ1n) is 6.33. The highest BCUT2D eigenvalue weighted by Crippen LogP contribution is 2.20. The molecular weight excluding hydrogens is 229 g/mol. The van der Waals surface area contributed by atoms with Gasteiger partial charge in [-0.2, -0.15) is 13.2 Å². The normalized spacial score (nSPS) is 16.2. The van der Waals surface area contributed by atoms with E-state index in [1.165, 1.54) is 4.90 Å². The summed E-state index contributed by atoms with van der Waals surface area (Å²) in [5.74, 6) is 0.212. The standard InChI is InChI=1S/C12H25F3N2/c1-5-7-16-8-10(3)11(4)17(6-2)9-12(13,14)15/h10-11,16H,5-9H2,1-4H3. The number of alkyl halides is 3. The van der Waals surface area contributed by atoms with Crippen LogP contribution in [-0.2, 0) is 0 Å². The second-order valence-electron chi connectivity index (χ2n) is 4.60. The Kier molecular flexibility index (Phi) is 7.79. The second-order valence-corrected chi connectivity index (χ2v) is 4.60. The zero-order valence-corrected chi connectivity index (χ0v) is 11.3. The summed E-state index contributed by atoms with van der Waals surface area (Å²) in [5.41, 5.74) is 0. The van der Waals surface area contributed by atoms with Crippen molar-refractivity contribution in [2.45, 2.75) is 46.3 Å². The smallest absolute Gasteiger partial charge is 0.316 e. The van der Waals surface area contributed by atoms with Gasteiger partial charge < -0.3 is 5.32 Å². The highest BCUT2D eigenvalue weighted by atomic mass is 19.4. The van der Waals surface area contributed by atoms with Crippen molar-refractivity contribution in [3.63, 3.8) is 0 Å². The molecule has 17 heavy (non-hydrogen) atoms. The Bertz CT molecular complexity index is 195. The molecule has 1 N–H and O–H groups in total. The van der Waals surface area contributed by atoms with Gasteiger partial charge in [0.25, 0.3) is 0 Å². The second kappa shape index (κ2) is 7.93. The van der Waals surface area contributed by atoms with Gasteiger partial charge in [-0.1, -0.05) is 20.8 Å². The summed E-state index contributed by atoms with van der Waals surface area (Å²) in [6, 6.07) is -0.0639. The molecule has 0 aromatic carbocycles. The van der Waals surface area contributed by atoms with Crippen LogP contribution in [0.4, 0.5) is 13.2 Å². The Morgan fingerprint density at radius 3 is 2.18 bits per heavy atom. The maximum absolute atomic E-state index is 12.4. The maximum Gasteiger partial charge on any atom is 0.401 e. The van der Waals surface area contributed by atoms with E-state index < -0.39 is 12.7 Å². The highest BCUT2D eigenvalue weighted by Gasteiger charge is 2.33. The summed E-state index contributed by atoms with van der Waals surface area (Å²) in [5, 5.41) is 3.25. The van der Waals surface area contributed by atoms with E-state index in [1.54, 1.807) is 6.92 Å². The molecule has 0 radical (unpaired) electrons. The van der Waals surface area contributed by atoms with Gasteiger partial charge in [-0.15, -0.1) is 0 Å². The van der Waals surface area contributed by atoms with Crippen LogP contribution in [0.15, 0.2) is 0 Å². The molecule has 0 amide bonds. The summed E-state index contributed by atoms with van der Waals surface area (Å²) >= 11 is 0. The van der Waals surface area contributed by atoms with Crippen molar-refractivity contribution in [1.82, 2.24) is 10.2 Å². The molecule has 0 fully saturated rings. The Morgan fingerprint density at radius 2 is 1.76 bits per heavy atom. The monoisotopic (exact) mass is 254 g/mol. The number of hydrogen-bond donors (Lipinski definition) is 1. The molecule has 0 bridgehead atoms. The zero-order valence-electron chi connectivity index (χ0n) is 11.3. The van der Waals surface area contributed by atoms with Gasteiger partial charge in [-0.3, -0.25) is 4.90 Å². The van der Waals surface area contributed by atoms with Gasteiger partial charge in [0.2, 0.25) is 0 Å². The molecule has 2 nitrogen and oxygen atoms in total. The number of halogens is 3. The lowest BCUT2D eigenvalue weighted by atomic mass is 10.0. The van der Waals surface area contributed by atoms with E-state index in [-0.39, 0.29) is 12.0 Å². The lowest BCUT2D eigenvalue weighted by Gasteiger charge is -2.33. The molecule has 2 atom stereocenters. The first kappa shape index (κ1) is 16.7. The summed E-state index contributed by atoms with van der Waals surface area (Å²) < 4.78 is 37.1. The Balaban J connectivity index is 4.17. The van der Waals surface area contributed by atoms with Crippen molar-refractivity contribution in [1.29, 1.82) is 0 Å². The maximum atomic E-state index is 12.4. The molecule has 0 saturated heterocycles. The summed E-state index contributed by atoms with van der Waals surface area (Å²) in [6.45, 7) is 9.00. The van der Waals surface area contributed by atoms with Crippen LogP contribution >= 0.6 is 0 Å². The number of nitrogens with one attached hydrogen (secondary N) is 1. The first-order valence-corrected chi connectivity index (χ1v) is 6.33. The first-order chi connectivity index (χ1) is 7.81. The van der Waals surface area contributed by atoms with Crippen molar-refractivity contribution in [2.75, 3.05) is 26.2 Å². The largest absolute Gasteiger partial charge is 0.401 e. The molecule has 104 valence electrons. The minimum Gasteiger partial charge on any atom is -0.316 e. The molecule has 0 heterocycles. The lowest BCUT2D eigenvalue weighted by Crippen LogP contribution is -2.45. The third-order valence-electron chi connectivity index (χ3n) is 3.08. The Morgan fingerprint density at radius 1 is 1.18 bits per heavy atom. The predicted octanol–water partition coefficient (Wildman–Crippen LogP) is 2.89. The van der Waals surface area contributed by atoms with E-state index in [0.717, 1.165) is 19.5 Å².